The van der Waals surface area contributed by atoms with Crippen molar-refractivity contribution in [3.63, 3.8) is 0 Å². The number of carbonyl (C=O) groups excluding carboxylic acids is 1. The zero-order valence-corrected chi connectivity index (χ0v) is 13.1. The molecular weight excluding hydrogens is 290 g/mol. The maximum atomic E-state index is 12.2. The number of hydrogen-bond donors (Lipinski definition) is 2. The molecule has 0 spiro atoms. The fraction of sp³-hybridized carbons (Fsp3) is 0.467. The first-order valence-corrected chi connectivity index (χ1v) is 7.80. The summed E-state index contributed by atoms with van der Waals surface area (Å²) < 4.78 is 5.18. The summed E-state index contributed by atoms with van der Waals surface area (Å²) in [5.41, 5.74) is 6.95. The van der Waals surface area contributed by atoms with Crippen LogP contribution in [0.5, 0.6) is 5.75 Å². The number of carboxylic acid groups (broad SMARTS) is 1. The molecule has 3 N–H and O–H groups in total. The highest BCUT2D eigenvalue weighted by Gasteiger charge is 2.17. The zero-order chi connectivity index (χ0) is 15.8. The minimum Gasteiger partial charge on any atom is -0.497 e. The van der Waals surface area contributed by atoms with Gasteiger partial charge in [0.1, 0.15) is 11.8 Å². The molecule has 0 aliphatic carbocycles. The van der Waals surface area contributed by atoms with E-state index in [1.165, 1.54) is 0 Å². The fourth-order valence-corrected chi connectivity index (χ4v) is 2.61. The van der Waals surface area contributed by atoms with Crippen molar-refractivity contribution in [3.8, 4) is 5.75 Å². The van der Waals surface area contributed by atoms with Crippen molar-refractivity contribution >= 4 is 22.8 Å². The van der Waals surface area contributed by atoms with Crippen LogP contribution in [0.15, 0.2) is 18.2 Å². The second kappa shape index (κ2) is 8.69. The smallest absolute Gasteiger partial charge is 0.321 e. The highest BCUT2D eigenvalue weighted by atomic mass is 32.2. The van der Waals surface area contributed by atoms with Gasteiger partial charge in [0, 0.05) is 11.3 Å². The van der Waals surface area contributed by atoms with Crippen LogP contribution in [0.1, 0.15) is 35.7 Å². The minimum atomic E-state index is -1.10. The average molecular weight is 311 g/mol. The van der Waals surface area contributed by atoms with Crippen LogP contribution in [0.25, 0.3) is 0 Å². The molecular formula is C15H21NO4S. The normalized spacial score (nSPS) is 12.0. The molecule has 0 aliphatic rings. The number of rotatable bonds is 8. The number of carboxylic acids is 1. The van der Waals surface area contributed by atoms with E-state index >= 15 is 0 Å². The van der Waals surface area contributed by atoms with Gasteiger partial charge in [-0.15, -0.1) is 0 Å². The molecule has 116 valence electrons. The van der Waals surface area contributed by atoms with Gasteiger partial charge in [-0.25, -0.2) is 0 Å². The molecule has 1 atom stereocenters. The minimum absolute atomic E-state index is 0.0629. The van der Waals surface area contributed by atoms with E-state index in [1.807, 2.05) is 6.07 Å². The monoisotopic (exact) mass is 311 g/mol. The Morgan fingerprint density at radius 3 is 2.71 bits per heavy atom. The number of ether oxygens (including phenoxy) is 1. The van der Waals surface area contributed by atoms with E-state index in [4.69, 9.17) is 15.6 Å². The van der Waals surface area contributed by atoms with E-state index in [0.29, 0.717) is 11.3 Å². The van der Waals surface area contributed by atoms with Gasteiger partial charge in [-0.05, 0) is 36.6 Å². The van der Waals surface area contributed by atoms with E-state index in [-0.39, 0.29) is 10.9 Å². The van der Waals surface area contributed by atoms with Gasteiger partial charge in [-0.2, -0.15) is 0 Å². The summed E-state index contributed by atoms with van der Waals surface area (Å²) in [5, 5.41) is 8.59. The van der Waals surface area contributed by atoms with Crippen molar-refractivity contribution in [2.24, 2.45) is 5.73 Å². The zero-order valence-electron chi connectivity index (χ0n) is 12.3. The van der Waals surface area contributed by atoms with Crippen molar-refractivity contribution in [2.75, 3.05) is 12.9 Å². The number of carbonyl (C=O) groups is 2. The number of unbranched alkanes of at least 4 members (excludes halogenated alkanes) is 1. The van der Waals surface area contributed by atoms with Crippen LogP contribution < -0.4 is 10.5 Å². The van der Waals surface area contributed by atoms with Crippen molar-refractivity contribution < 1.29 is 19.4 Å². The second-order valence-corrected chi connectivity index (χ2v) is 5.66. The van der Waals surface area contributed by atoms with Gasteiger partial charge in [0.05, 0.1) is 7.11 Å². The third kappa shape index (κ3) is 5.40. The lowest BCUT2D eigenvalue weighted by atomic mass is 10.0. The van der Waals surface area contributed by atoms with Gasteiger partial charge in [0.15, 0.2) is 0 Å². The third-order valence-corrected chi connectivity index (χ3v) is 4.05. The van der Waals surface area contributed by atoms with Crippen LogP contribution in [0.4, 0.5) is 0 Å². The maximum absolute atomic E-state index is 12.2. The topological polar surface area (TPSA) is 89.6 Å². The Balaban J connectivity index is 2.84. The lowest BCUT2D eigenvalue weighted by molar-refractivity contribution is -0.137. The molecule has 0 aromatic heterocycles. The van der Waals surface area contributed by atoms with E-state index < -0.39 is 12.0 Å². The molecule has 1 rings (SSSR count). The van der Waals surface area contributed by atoms with Crippen molar-refractivity contribution in [2.45, 2.75) is 32.2 Å². The number of benzene rings is 1. The Bertz CT molecular complexity index is 504. The molecule has 0 fully saturated rings. The lowest BCUT2D eigenvalue weighted by Gasteiger charge is -2.11. The molecule has 1 aromatic rings. The van der Waals surface area contributed by atoms with Crippen LogP contribution in [-0.4, -0.2) is 35.1 Å². The van der Waals surface area contributed by atoms with Gasteiger partial charge >= 0.3 is 5.97 Å². The average Bonchev–Trinajstić information content (AvgIpc) is 2.49. The predicted molar refractivity (Wildman–Crippen MR) is 84.0 cm³/mol. The second-order valence-electron chi connectivity index (χ2n) is 4.67. The number of aryl methyl sites for hydroxylation is 1. The molecule has 0 amide bonds. The fourth-order valence-electron chi connectivity index (χ4n) is 1.78. The predicted octanol–water partition coefficient (Wildman–Crippen LogP) is 2.32. The van der Waals surface area contributed by atoms with Gasteiger partial charge in [-0.3, -0.25) is 9.59 Å². The number of methoxy groups -OCH3 is 1. The molecule has 0 radical (unpaired) electrons. The molecule has 0 saturated carbocycles. The Morgan fingerprint density at radius 1 is 1.43 bits per heavy atom. The first-order valence-electron chi connectivity index (χ1n) is 6.82. The maximum Gasteiger partial charge on any atom is 0.321 e. The summed E-state index contributed by atoms with van der Waals surface area (Å²) in [7, 11) is 1.58. The Morgan fingerprint density at radius 2 is 2.14 bits per heavy atom. The molecule has 6 heteroatoms. The molecule has 0 bridgehead atoms. The van der Waals surface area contributed by atoms with Crippen LogP contribution in [-0.2, 0) is 11.2 Å². The van der Waals surface area contributed by atoms with Crippen molar-refractivity contribution in [1.29, 1.82) is 0 Å². The molecule has 0 saturated heterocycles. The standard InChI is InChI=1S/C15H21NO4S/c1-3-4-5-10-8-11(20-2)6-7-12(10)15(19)21-9-13(16)14(17)18/h6-8,13H,3-5,9,16H2,1-2H3,(H,17,18). The highest BCUT2D eigenvalue weighted by molar-refractivity contribution is 8.14. The summed E-state index contributed by atoms with van der Waals surface area (Å²) in [6, 6.07) is 4.29. The Hall–Kier alpha value is -1.53. The van der Waals surface area contributed by atoms with E-state index in [0.717, 1.165) is 36.6 Å². The number of aliphatic carboxylic acids is 1. The van der Waals surface area contributed by atoms with Crippen molar-refractivity contribution in [3.05, 3.63) is 29.3 Å². The van der Waals surface area contributed by atoms with Crippen LogP contribution in [0, 0.1) is 0 Å². The molecule has 1 aromatic carbocycles. The summed E-state index contributed by atoms with van der Waals surface area (Å²) >= 11 is 0.941. The van der Waals surface area contributed by atoms with E-state index in [2.05, 4.69) is 6.92 Å². The third-order valence-electron chi connectivity index (χ3n) is 3.04. The molecule has 0 heterocycles. The van der Waals surface area contributed by atoms with E-state index in [1.54, 1.807) is 19.2 Å². The van der Waals surface area contributed by atoms with Crippen LogP contribution in [0.3, 0.4) is 0 Å². The Kier molecular flexibility index (Phi) is 7.25. The van der Waals surface area contributed by atoms with Gasteiger partial charge in [0.2, 0.25) is 5.12 Å². The van der Waals surface area contributed by atoms with Crippen LogP contribution >= 0.6 is 11.8 Å². The lowest BCUT2D eigenvalue weighted by Crippen LogP contribution is -2.32. The number of nitrogens with two attached hydrogens (primary N) is 1. The van der Waals surface area contributed by atoms with Gasteiger partial charge in [-0.1, -0.05) is 25.1 Å². The largest absolute Gasteiger partial charge is 0.497 e. The first-order chi connectivity index (χ1) is 9.99. The summed E-state index contributed by atoms with van der Waals surface area (Å²) in [4.78, 5) is 22.9. The van der Waals surface area contributed by atoms with Gasteiger partial charge < -0.3 is 15.6 Å². The summed E-state index contributed by atoms with van der Waals surface area (Å²) in [5.74, 6) is -0.325. The molecule has 0 aliphatic heterocycles. The van der Waals surface area contributed by atoms with Crippen molar-refractivity contribution in [1.82, 2.24) is 0 Å². The molecule has 5 nitrogen and oxygen atoms in total. The molecule has 1 unspecified atom stereocenters. The summed E-state index contributed by atoms with van der Waals surface area (Å²) in [6.45, 7) is 2.09. The quantitative estimate of drug-likeness (QED) is 0.766. The van der Waals surface area contributed by atoms with Gasteiger partial charge in [0.25, 0.3) is 0 Å². The molecule has 21 heavy (non-hydrogen) atoms. The number of hydrogen-bond acceptors (Lipinski definition) is 5. The first kappa shape index (κ1) is 17.5. The Labute approximate surface area is 128 Å². The summed E-state index contributed by atoms with van der Waals surface area (Å²) in [6.07, 6.45) is 2.80. The SMILES string of the molecule is CCCCc1cc(OC)ccc1C(=O)SCC(N)C(=O)O. The van der Waals surface area contributed by atoms with E-state index in [9.17, 15) is 9.59 Å². The van der Waals surface area contributed by atoms with Crippen LogP contribution in [0.2, 0.25) is 0 Å². The number of thioether (sulfide) groups is 1. The highest BCUT2D eigenvalue weighted by Crippen LogP contribution is 2.23.